The Morgan fingerprint density at radius 1 is 1.44 bits per heavy atom. The van der Waals surface area contributed by atoms with Crippen molar-refractivity contribution < 1.29 is 13.9 Å². The van der Waals surface area contributed by atoms with Crippen LogP contribution in [0.5, 0.6) is 0 Å². The first-order valence-corrected chi connectivity index (χ1v) is 6.71. The quantitative estimate of drug-likeness (QED) is 0.875. The highest BCUT2D eigenvalue weighted by molar-refractivity contribution is 5.19. The zero-order valence-corrected chi connectivity index (χ0v) is 10.9. The molecule has 2 saturated heterocycles. The lowest BCUT2D eigenvalue weighted by molar-refractivity contribution is -0.102. The molecule has 0 aliphatic carbocycles. The number of furan rings is 1. The van der Waals surface area contributed by atoms with Gasteiger partial charge < -0.3 is 19.6 Å². The molecule has 1 aromatic rings. The van der Waals surface area contributed by atoms with Crippen molar-refractivity contribution in [3.05, 3.63) is 23.7 Å². The van der Waals surface area contributed by atoms with Gasteiger partial charge in [-0.25, -0.2) is 0 Å². The van der Waals surface area contributed by atoms with Crippen LogP contribution < -0.4 is 5.73 Å². The molecule has 2 fully saturated rings. The van der Waals surface area contributed by atoms with E-state index in [0.29, 0.717) is 12.5 Å². The minimum Gasteiger partial charge on any atom is -0.467 e. The third-order valence-corrected chi connectivity index (χ3v) is 4.31. The van der Waals surface area contributed by atoms with Gasteiger partial charge in [-0.15, -0.1) is 0 Å². The predicted molar refractivity (Wildman–Crippen MR) is 67.2 cm³/mol. The summed E-state index contributed by atoms with van der Waals surface area (Å²) >= 11 is 0. The number of hydrogen-bond acceptors (Lipinski definition) is 4. The Morgan fingerprint density at radius 2 is 2.33 bits per heavy atom. The van der Waals surface area contributed by atoms with Crippen molar-refractivity contribution in [1.29, 1.82) is 0 Å². The summed E-state index contributed by atoms with van der Waals surface area (Å²) in [6.07, 6.45) is 4.70. The fraction of sp³-hybridized carbons (Fsp3) is 0.714. The van der Waals surface area contributed by atoms with Gasteiger partial charge in [-0.1, -0.05) is 0 Å². The summed E-state index contributed by atoms with van der Waals surface area (Å²) in [5, 5.41) is 0. The van der Waals surface area contributed by atoms with E-state index in [1.807, 2.05) is 13.0 Å². The van der Waals surface area contributed by atoms with Crippen LogP contribution in [-0.2, 0) is 9.47 Å². The average Bonchev–Trinajstić information content (AvgIpc) is 2.98. The van der Waals surface area contributed by atoms with E-state index >= 15 is 0 Å². The first kappa shape index (κ1) is 12.2. The van der Waals surface area contributed by atoms with Crippen LogP contribution >= 0.6 is 0 Å². The van der Waals surface area contributed by atoms with Gasteiger partial charge >= 0.3 is 0 Å². The molecule has 3 heterocycles. The lowest BCUT2D eigenvalue weighted by atomic mass is 9.80. The van der Waals surface area contributed by atoms with E-state index < -0.39 is 0 Å². The van der Waals surface area contributed by atoms with Crippen molar-refractivity contribution in [1.82, 2.24) is 0 Å². The van der Waals surface area contributed by atoms with Crippen LogP contribution in [0.25, 0.3) is 0 Å². The maximum Gasteiger partial charge on any atom is 0.123 e. The van der Waals surface area contributed by atoms with Crippen LogP contribution in [0.1, 0.15) is 36.6 Å². The number of hydrogen-bond donors (Lipinski definition) is 1. The Hall–Kier alpha value is -0.840. The highest BCUT2D eigenvalue weighted by atomic mass is 16.6. The van der Waals surface area contributed by atoms with Gasteiger partial charge in [0, 0.05) is 19.6 Å². The Morgan fingerprint density at radius 3 is 3.00 bits per heavy atom. The molecule has 1 aromatic heterocycles. The normalized spacial score (nSPS) is 34.0. The summed E-state index contributed by atoms with van der Waals surface area (Å²) < 4.78 is 17.0. The van der Waals surface area contributed by atoms with E-state index in [1.54, 1.807) is 6.26 Å². The molecular weight excluding hydrogens is 230 g/mol. The van der Waals surface area contributed by atoms with E-state index in [0.717, 1.165) is 43.8 Å². The molecule has 0 radical (unpaired) electrons. The Labute approximate surface area is 107 Å². The lowest BCUT2D eigenvalue weighted by Crippen LogP contribution is -2.43. The maximum atomic E-state index is 6.38. The molecule has 1 spiro atoms. The Bertz CT molecular complexity index is 409. The summed E-state index contributed by atoms with van der Waals surface area (Å²) in [7, 11) is 0. The number of rotatable bonds is 2. The van der Waals surface area contributed by atoms with Crippen molar-refractivity contribution in [3.8, 4) is 0 Å². The molecule has 18 heavy (non-hydrogen) atoms. The van der Waals surface area contributed by atoms with Crippen molar-refractivity contribution in [2.45, 2.75) is 37.8 Å². The molecular formula is C14H21NO3. The molecule has 2 aliphatic rings. The topological polar surface area (TPSA) is 57.6 Å². The lowest BCUT2D eigenvalue weighted by Gasteiger charge is -2.39. The Kier molecular flexibility index (Phi) is 3.18. The highest BCUT2D eigenvalue weighted by Gasteiger charge is 2.43. The second-order valence-electron chi connectivity index (χ2n) is 5.58. The third kappa shape index (κ3) is 2.09. The molecule has 3 rings (SSSR count). The van der Waals surface area contributed by atoms with Crippen molar-refractivity contribution >= 4 is 0 Å². The zero-order valence-electron chi connectivity index (χ0n) is 10.9. The van der Waals surface area contributed by atoms with E-state index in [9.17, 15) is 0 Å². The smallest absolute Gasteiger partial charge is 0.123 e. The van der Waals surface area contributed by atoms with Gasteiger partial charge in [-0.2, -0.15) is 0 Å². The van der Waals surface area contributed by atoms with Gasteiger partial charge in [0.05, 0.1) is 24.5 Å². The van der Waals surface area contributed by atoms with Gasteiger partial charge in [0.1, 0.15) is 5.76 Å². The number of aryl methyl sites for hydroxylation is 1. The van der Waals surface area contributed by atoms with Gasteiger partial charge in [0.25, 0.3) is 0 Å². The highest BCUT2D eigenvalue weighted by Crippen LogP contribution is 2.40. The minimum atomic E-state index is -0.0823. The Balaban J connectivity index is 1.74. The summed E-state index contributed by atoms with van der Waals surface area (Å²) in [6.45, 7) is 4.35. The fourth-order valence-corrected chi connectivity index (χ4v) is 3.18. The fourth-order valence-electron chi connectivity index (χ4n) is 3.18. The summed E-state index contributed by atoms with van der Waals surface area (Å²) in [5.41, 5.74) is 7.44. The van der Waals surface area contributed by atoms with Gasteiger partial charge in [0.15, 0.2) is 0 Å². The second-order valence-corrected chi connectivity index (χ2v) is 5.58. The summed E-state index contributed by atoms with van der Waals surface area (Å²) in [6, 6.07) is 1.95. The van der Waals surface area contributed by atoms with Crippen LogP contribution in [0.2, 0.25) is 0 Å². The molecule has 4 nitrogen and oxygen atoms in total. The zero-order chi connectivity index (χ0) is 12.6. The van der Waals surface area contributed by atoms with Gasteiger partial charge in [-0.05, 0) is 37.3 Å². The third-order valence-electron chi connectivity index (χ3n) is 4.31. The van der Waals surface area contributed by atoms with Crippen molar-refractivity contribution in [3.63, 3.8) is 0 Å². The van der Waals surface area contributed by atoms with E-state index in [4.69, 9.17) is 19.6 Å². The largest absolute Gasteiger partial charge is 0.467 e. The van der Waals surface area contributed by atoms with Crippen LogP contribution in [0.15, 0.2) is 16.7 Å². The number of nitrogens with two attached hydrogens (primary N) is 1. The maximum absolute atomic E-state index is 6.38. The van der Waals surface area contributed by atoms with E-state index in [1.165, 1.54) is 0 Å². The molecule has 0 saturated carbocycles. The van der Waals surface area contributed by atoms with Crippen LogP contribution in [0, 0.1) is 12.8 Å². The predicted octanol–water partition coefficient (Wildman–Crippen LogP) is 2.17. The molecule has 0 bridgehead atoms. The molecule has 2 aliphatic heterocycles. The molecule has 2 N–H and O–H groups in total. The van der Waals surface area contributed by atoms with Crippen LogP contribution in [0.4, 0.5) is 0 Å². The molecule has 3 unspecified atom stereocenters. The second kappa shape index (κ2) is 4.68. The first-order chi connectivity index (χ1) is 8.70. The molecule has 0 amide bonds. The monoisotopic (exact) mass is 251 g/mol. The van der Waals surface area contributed by atoms with Gasteiger partial charge in [-0.3, -0.25) is 0 Å². The molecule has 100 valence electrons. The summed E-state index contributed by atoms with van der Waals surface area (Å²) in [5.74, 6) is 1.35. The summed E-state index contributed by atoms with van der Waals surface area (Å²) in [4.78, 5) is 0. The first-order valence-electron chi connectivity index (χ1n) is 6.71. The van der Waals surface area contributed by atoms with E-state index in [2.05, 4.69) is 0 Å². The molecule has 4 heteroatoms. The van der Waals surface area contributed by atoms with Crippen molar-refractivity contribution in [2.24, 2.45) is 11.7 Å². The molecule has 3 atom stereocenters. The standard InChI is InChI=1S/C14H21NO3/c1-10-2-5-17-13(10)12(15)11-3-6-18-14(8-11)4-7-16-9-14/h2,5,11-12H,3-4,6-9,15H2,1H3. The van der Waals surface area contributed by atoms with Crippen LogP contribution in [0.3, 0.4) is 0 Å². The number of ether oxygens (including phenoxy) is 2. The SMILES string of the molecule is Cc1ccoc1C(N)C1CCOC2(CCOC2)C1. The van der Waals surface area contributed by atoms with Crippen molar-refractivity contribution in [2.75, 3.05) is 19.8 Å². The van der Waals surface area contributed by atoms with Gasteiger partial charge in [0.2, 0.25) is 0 Å². The van der Waals surface area contributed by atoms with Crippen LogP contribution in [-0.4, -0.2) is 25.4 Å². The molecule has 0 aromatic carbocycles. The van der Waals surface area contributed by atoms with E-state index in [-0.39, 0.29) is 11.6 Å². The minimum absolute atomic E-state index is 0.0265. The average molecular weight is 251 g/mol.